The smallest absolute Gasteiger partial charge is 0.328 e. The van der Waals surface area contributed by atoms with Crippen LogP contribution in [0.25, 0.3) is 0 Å². The molecule has 4 N–H and O–H groups in total. The number of methoxy groups -OCH3 is 1. The Hall–Kier alpha value is -0.680. The quantitative estimate of drug-likeness (QED) is 0.377. The fourth-order valence-electron chi connectivity index (χ4n) is 3.52. The standard InChI is InChI=1S/C15H26N2O9P2S/c1-9(2)25-28(23,29)26-13-10(5-7-27(20,21)22)8-11(14(13)24-3)17-6-4-12(18)16-15(17)19/h4,6,9-11,13-14H,5,7-8H2,1-3H3,(H,23,29)(H,16,18,19)(H2,20,21,22)/t10-,11?,13+,14-,28?/m0/s1. The Balaban J connectivity index is 2.38. The molecule has 0 aromatic carbocycles. The van der Waals surface area contributed by atoms with Gasteiger partial charge in [0.2, 0.25) is 0 Å². The zero-order valence-electron chi connectivity index (χ0n) is 16.2. The van der Waals surface area contributed by atoms with Gasteiger partial charge in [0, 0.05) is 19.4 Å². The molecule has 0 amide bonds. The third kappa shape index (κ3) is 6.92. The van der Waals surface area contributed by atoms with Crippen LogP contribution in [-0.4, -0.2) is 55.8 Å². The first-order chi connectivity index (χ1) is 13.3. The van der Waals surface area contributed by atoms with Crippen LogP contribution in [0.1, 0.15) is 32.7 Å². The number of aromatic amines is 1. The van der Waals surface area contributed by atoms with Gasteiger partial charge >= 0.3 is 20.0 Å². The minimum atomic E-state index is -4.28. The maximum Gasteiger partial charge on any atom is 0.328 e. The third-order valence-electron chi connectivity index (χ3n) is 4.58. The van der Waals surface area contributed by atoms with E-state index in [2.05, 4.69) is 4.98 Å². The summed E-state index contributed by atoms with van der Waals surface area (Å²) in [5.74, 6) is -0.485. The Morgan fingerprint density at radius 2 is 1.97 bits per heavy atom. The Morgan fingerprint density at radius 3 is 2.48 bits per heavy atom. The molecule has 2 rings (SSSR count). The molecule has 1 fully saturated rings. The number of hydrogen-bond acceptors (Lipinski definition) is 7. The normalized spacial score (nSPS) is 27.3. The highest BCUT2D eigenvalue weighted by molar-refractivity contribution is 8.07. The second kappa shape index (κ2) is 9.64. The van der Waals surface area contributed by atoms with Gasteiger partial charge in [0.25, 0.3) is 5.56 Å². The molecule has 1 aliphatic carbocycles. The molecule has 0 spiro atoms. The van der Waals surface area contributed by atoms with Gasteiger partial charge in [-0.15, -0.1) is 0 Å². The summed E-state index contributed by atoms with van der Waals surface area (Å²) in [7, 11) is -2.89. The van der Waals surface area contributed by atoms with Gasteiger partial charge in [0.1, 0.15) is 6.10 Å². The molecule has 11 nitrogen and oxygen atoms in total. The van der Waals surface area contributed by atoms with Gasteiger partial charge < -0.3 is 28.5 Å². The molecule has 5 atom stereocenters. The molecule has 2 unspecified atom stereocenters. The van der Waals surface area contributed by atoms with Crippen molar-refractivity contribution in [2.75, 3.05) is 13.3 Å². The van der Waals surface area contributed by atoms with E-state index in [9.17, 15) is 28.8 Å². The molecule has 0 bridgehead atoms. The fraction of sp³-hybridized carbons (Fsp3) is 0.733. The zero-order valence-corrected chi connectivity index (χ0v) is 18.8. The molecule has 166 valence electrons. The molecule has 0 saturated heterocycles. The van der Waals surface area contributed by atoms with E-state index in [1.165, 1.54) is 23.9 Å². The second-order valence-corrected chi connectivity index (χ2v) is 11.7. The maximum atomic E-state index is 12.2. The number of H-pyrrole nitrogens is 1. The van der Waals surface area contributed by atoms with Gasteiger partial charge in [-0.2, -0.15) is 0 Å². The summed E-state index contributed by atoms with van der Waals surface area (Å²) in [6.07, 6.45) is -0.817. The molecule has 0 radical (unpaired) electrons. The largest absolute Gasteiger partial charge is 0.377 e. The molecule has 1 saturated carbocycles. The summed E-state index contributed by atoms with van der Waals surface area (Å²) in [6, 6.07) is 0.579. The van der Waals surface area contributed by atoms with Gasteiger partial charge in [-0.3, -0.25) is 18.9 Å². The number of aromatic nitrogens is 2. The first-order valence-corrected chi connectivity index (χ1v) is 13.3. The highest BCUT2D eigenvalue weighted by Gasteiger charge is 2.48. The van der Waals surface area contributed by atoms with Crippen molar-refractivity contribution in [2.24, 2.45) is 5.92 Å². The number of rotatable bonds is 9. The summed E-state index contributed by atoms with van der Waals surface area (Å²) in [6.45, 7) is -0.319. The van der Waals surface area contributed by atoms with Crippen molar-refractivity contribution in [3.63, 3.8) is 0 Å². The fourth-order valence-corrected chi connectivity index (χ4v) is 6.19. The van der Waals surface area contributed by atoms with Gasteiger partial charge in [-0.25, -0.2) is 4.79 Å². The van der Waals surface area contributed by atoms with Crippen molar-refractivity contribution in [3.05, 3.63) is 33.1 Å². The molecular weight excluding hydrogens is 446 g/mol. The van der Waals surface area contributed by atoms with Crippen molar-refractivity contribution in [1.82, 2.24) is 9.55 Å². The van der Waals surface area contributed by atoms with Crippen LogP contribution >= 0.6 is 14.3 Å². The molecule has 29 heavy (non-hydrogen) atoms. The van der Waals surface area contributed by atoms with Crippen molar-refractivity contribution < 1.29 is 33.0 Å². The van der Waals surface area contributed by atoms with E-state index in [1.807, 2.05) is 0 Å². The average molecular weight is 472 g/mol. The lowest BCUT2D eigenvalue weighted by Crippen LogP contribution is -2.38. The Morgan fingerprint density at radius 1 is 1.31 bits per heavy atom. The van der Waals surface area contributed by atoms with Crippen LogP contribution in [-0.2, 0) is 30.2 Å². The number of nitrogens with one attached hydrogen (secondary N) is 1. The maximum absolute atomic E-state index is 12.2. The van der Waals surface area contributed by atoms with Crippen LogP contribution in [0, 0.1) is 5.92 Å². The van der Waals surface area contributed by atoms with E-state index in [-0.39, 0.29) is 12.8 Å². The molecule has 1 aromatic rings. The third-order valence-corrected chi connectivity index (χ3v) is 7.14. The second-order valence-electron chi connectivity index (χ2n) is 7.15. The van der Waals surface area contributed by atoms with E-state index in [0.717, 1.165) is 0 Å². The summed E-state index contributed by atoms with van der Waals surface area (Å²) in [5.41, 5.74) is -1.21. The van der Waals surface area contributed by atoms with Crippen LogP contribution in [0.2, 0.25) is 0 Å². The van der Waals surface area contributed by atoms with Crippen LogP contribution in [0.15, 0.2) is 21.9 Å². The SMILES string of the molecule is CO[C@H]1C(n2ccc(=O)[nH]c2=O)C[C@H](CCP(=O)(O)O)[C@H]1OP(O)(=S)OC(C)C. The van der Waals surface area contributed by atoms with E-state index in [0.29, 0.717) is 0 Å². The lowest BCUT2D eigenvalue weighted by atomic mass is 10.0. The Kier molecular flexibility index (Phi) is 8.17. The zero-order chi connectivity index (χ0) is 22.0. The lowest BCUT2D eigenvalue weighted by molar-refractivity contribution is -0.0211. The molecule has 1 aromatic heterocycles. The van der Waals surface area contributed by atoms with Crippen LogP contribution in [0.3, 0.4) is 0 Å². The topological polar surface area (TPSA) is 160 Å². The monoisotopic (exact) mass is 472 g/mol. The van der Waals surface area contributed by atoms with Gasteiger partial charge in [0.15, 0.2) is 0 Å². The minimum absolute atomic E-state index is 0.0560. The summed E-state index contributed by atoms with van der Waals surface area (Å²) >= 11 is 5.06. The molecule has 1 aliphatic rings. The number of ether oxygens (including phenoxy) is 1. The number of hydrogen-bond donors (Lipinski definition) is 4. The lowest BCUT2D eigenvalue weighted by Gasteiger charge is -2.30. The highest BCUT2D eigenvalue weighted by Crippen LogP contribution is 2.53. The van der Waals surface area contributed by atoms with Crippen molar-refractivity contribution in [1.29, 1.82) is 0 Å². The van der Waals surface area contributed by atoms with E-state index < -0.39 is 62.0 Å². The number of nitrogens with zero attached hydrogens (tertiary/aromatic N) is 1. The minimum Gasteiger partial charge on any atom is -0.377 e. The van der Waals surface area contributed by atoms with Crippen LogP contribution < -0.4 is 11.2 Å². The summed E-state index contributed by atoms with van der Waals surface area (Å²) in [5, 5.41) is 0. The average Bonchev–Trinajstić information content (AvgIpc) is 2.87. The van der Waals surface area contributed by atoms with Crippen molar-refractivity contribution in [2.45, 2.75) is 51.0 Å². The Labute approximate surface area is 172 Å². The van der Waals surface area contributed by atoms with E-state index >= 15 is 0 Å². The predicted molar refractivity (Wildman–Crippen MR) is 108 cm³/mol. The van der Waals surface area contributed by atoms with Gasteiger partial charge in [-0.05, 0) is 44.4 Å². The first-order valence-electron chi connectivity index (χ1n) is 8.91. The first kappa shape index (κ1) is 24.6. The van der Waals surface area contributed by atoms with Crippen LogP contribution in [0.4, 0.5) is 0 Å². The van der Waals surface area contributed by atoms with Gasteiger partial charge in [-0.1, -0.05) is 0 Å². The Bertz CT molecular complexity index is 912. The van der Waals surface area contributed by atoms with Crippen molar-refractivity contribution in [3.8, 4) is 0 Å². The van der Waals surface area contributed by atoms with Crippen LogP contribution in [0.5, 0.6) is 0 Å². The molecule has 0 aliphatic heterocycles. The molecule has 14 heteroatoms. The predicted octanol–water partition coefficient (Wildman–Crippen LogP) is 0.707. The highest BCUT2D eigenvalue weighted by atomic mass is 32.5. The molecular formula is C15H26N2O9P2S. The summed E-state index contributed by atoms with van der Waals surface area (Å²) < 4.78 is 29.2. The summed E-state index contributed by atoms with van der Waals surface area (Å²) in [4.78, 5) is 54.7. The van der Waals surface area contributed by atoms with E-state index in [1.54, 1.807) is 13.8 Å². The van der Waals surface area contributed by atoms with Crippen molar-refractivity contribution >= 4 is 26.1 Å². The van der Waals surface area contributed by atoms with Gasteiger partial charge in [0.05, 0.1) is 24.4 Å². The van der Waals surface area contributed by atoms with E-state index in [4.69, 9.17) is 25.6 Å². The molecule has 1 heterocycles.